The van der Waals surface area contributed by atoms with Gasteiger partial charge in [0.2, 0.25) is 11.8 Å². The summed E-state index contributed by atoms with van der Waals surface area (Å²) in [5.74, 6) is -4.29. The second-order valence-corrected chi connectivity index (χ2v) is 11.5. The van der Waals surface area contributed by atoms with Gasteiger partial charge in [0.25, 0.3) is 5.91 Å². The number of methoxy groups -OCH3 is 1. The maximum absolute atomic E-state index is 13.9. The van der Waals surface area contributed by atoms with E-state index in [0.29, 0.717) is 16.3 Å². The Morgan fingerprint density at radius 2 is 1.54 bits per heavy atom. The Kier molecular flexibility index (Phi) is 13.2. The Bertz CT molecular complexity index is 1590. The number of hydrogen-bond donors (Lipinski definition) is 5. The molecular formula is C33H35ClF3N3O8. The number of carbonyl (C=O) groups excluding carboxylic acids is 3. The first kappa shape index (κ1) is 37.6. The molecular weight excluding hydrogens is 659 g/mol. The monoisotopic (exact) mass is 693 g/mol. The molecule has 3 aromatic carbocycles. The van der Waals surface area contributed by atoms with Crippen LogP contribution in [0.4, 0.5) is 13.2 Å². The first-order chi connectivity index (χ1) is 22.6. The first-order valence-corrected chi connectivity index (χ1v) is 15.0. The predicted octanol–water partition coefficient (Wildman–Crippen LogP) is 4.07. The maximum atomic E-state index is 13.9. The number of hydrogen-bond acceptors (Lipinski definition) is 7. The summed E-state index contributed by atoms with van der Waals surface area (Å²) in [6.45, 7) is 2.12. The van der Waals surface area contributed by atoms with E-state index in [9.17, 15) is 37.5 Å². The quantitative estimate of drug-likeness (QED) is 0.159. The van der Waals surface area contributed by atoms with Crippen LogP contribution in [0.2, 0.25) is 5.02 Å². The van der Waals surface area contributed by atoms with Crippen LogP contribution < -0.4 is 25.4 Å². The van der Waals surface area contributed by atoms with E-state index in [1.54, 1.807) is 24.3 Å². The molecule has 258 valence electrons. The summed E-state index contributed by atoms with van der Waals surface area (Å²) in [5, 5.41) is 26.6. The number of ether oxygens (including phenoxy) is 2. The van der Waals surface area contributed by atoms with E-state index < -0.39 is 66.6 Å². The number of aliphatic hydroxyl groups excluding tert-OH is 1. The zero-order valence-corrected chi connectivity index (χ0v) is 26.8. The minimum absolute atomic E-state index is 0.0205. The summed E-state index contributed by atoms with van der Waals surface area (Å²) >= 11 is 6.13. The van der Waals surface area contributed by atoms with Crippen LogP contribution in [0.5, 0.6) is 11.5 Å². The molecule has 4 atom stereocenters. The topological polar surface area (TPSA) is 163 Å². The van der Waals surface area contributed by atoms with Crippen LogP contribution in [0.1, 0.15) is 41.4 Å². The van der Waals surface area contributed by atoms with Crippen LogP contribution in [-0.2, 0) is 20.8 Å². The third-order valence-corrected chi connectivity index (χ3v) is 7.34. The fraction of sp³-hybridized carbons (Fsp3) is 0.333. The Hall–Kier alpha value is -4.82. The summed E-state index contributed by atoms with van der Waals surface area (Å²) in [7, 11) is 1.41. The van der Waals surface area contributed by atoms with E-state index in [1.807, 2.05) is 0 Å². The summed E-state index contributed by atoms with van der Waals surface area (Å²) < 4.78 is 50.7. The lowest BCUT2D eigenvalue weighted by Crippen LogP contribution is -2.56. The lowest BCUT2D eigenvalue weighted by atomic mass is 9.96. The second-order valence-electron chi connectivity index (χ2n) is 11.0. The summed E-state index contributed by atoms with van der Waals surface area (Å²) in [5.41, 5.74) is 0.717. The van der Waals surface area contributed by atoms with Gasteiger partial charge in [0, 0.05) is 17.0 Å². The number of carboxylic acids is 1. The van der Waals surface area contributed by atoms with Crippen molar-refractivity contribution in [1.29, 1.82) is 0 Å². The van der Waals surface area contributed by atoms with Gasteiger partial charge in [-0.2, -0.15) is 13.2 Å². The number of aliphatic carboxylic acids is 1. The number of aliphatic hydroxyl groups is 1. The van der Waals surface area contributed by atoms with Crippen LogP contribution in [0.15, 0.2) is 72.8 Å². The van der Waals surface area contributed by atoms with Gasteiger partial charge in [-0.05, 0) is 59.5 Å². The number of amides is 3. The van der Waals surface area contributed by atoms with Crippen molar-refractivity contribution in [2.24, 2.45) is 5.92 Å². The van der Waals surface area contributed by atoms with Crippen molar-refractivity contribution < 1.29 is 52.0 Å². The fourth-order valence-corrected chi connectivity index (χ4v) is 4.84. The van der Waals surface area contributed by atoms with Crippen molar-refractivity contribution in [2.75, 3.05) is 13.7 Å². The number of rotatable bonds is 15. The van der Waals surface area contributed by atoms with Gasteiger partial charge in [-0.15, -0.1) is 0 Å². The molecule has 0 heterocycles. The minimum atomic E-state index is -5.04. The molecule has 15 heteroatoms. The molecule has 3 aromatic rings. The maximum Gasteiger partial charge on any atom is 0.416 e. The van der Waals surface area contributed by atoms with Gasteiger partial charge >= 0.3 is 12.1 Å². The zero-order chi connectivity index (χ0) is 35.6. The van der Waals surface area contributed by atoms with E-state index in [-0.39, 0.29) is 23.3 Å². The van der Waals surface area contributed by atoms with Gasteiger partial charge in [-0.1, -0.05) is 55.8 Å². The van der Waals surface area contributed by atoms with Crippen molar-refractivity contribution in [2.45, 2.75) is 50.7 Å². The van der Waals surface area contributed by atoms with Gasteiger partial charge in [0.15, 0.2) is 12.7 Å². The normalized spacial score (nSPS) is 13.9. The predicted molar refractivity (Wildman–Crippen MR) is 169 cm³/mol. The van der Waals surface area contributed by atoms with Crippen LogP contribution in [0, 0.1) is 5.92 Å². The molecule has 0 aliphatic carbocycles. The number of benzene rings is 3. The highest BCUT2D eigenvalue weighted by Crippen LogP contribution is 2.27. The van der Waals surface area contributed by atoms with E-state index in [4.69, 9.17) is 26.2 Å². The van der Waals surface area contributed by atoms with Gasteiger partial charge < -0.3 is 35.6 Å². The molecule has 3 amide bonds. The first-order valence-electron chi connectivity index (χ1n) is 14.6. The summed E-state index contributed by atoms with van der Waals surface area (Å²) in [6.07, 6.45) is -8.05. The van der Waals surface area contributed by atoms with Crippen LogP contribution in [-0.4, -0.2) is 72.0 Å². The van der Waals surface area contributed by atoms with E-state index in [1.165, 1.54) is 69.5 Å². The Balaban J connectivity index is 1.96. The molecule has 11 nitrogen and oxygen atoms in total. The molecule has 0 spiro atoms. The molecule has 4 unspecified atom stereocenters. The summed E-state index contributed by atoms with van der Waals surface area (Å²) in [6, 6.07) is 13.2. The highest BCUT2D eigenvalue weighted by molar-refractivity contribution is 6.30. The molecule has 0 fully saturated rings. The standard InChI is InChI=1S/C33H35ClF3N3O8/c1-18(2)27(29(43)33(35,36)37)39-32(46)28(20-10-12-23(47-3)13-11-20)40-31(45)25(15-19-6-4-8-22(34)14-19)38-30(44)21-7-5-9-24(16-21)48-17-26(41)42/h4-14,16,18,25,27-29,43H,15,17H2,1-3H3,(H,38,44)(H,39,46)(H,40,45)(H,41,42). The highest BCUT2D eigenvalue weighted by Gasteiger charge is 2.46. The fourth-order valence-electron chi connectivity index (χ4n) is 4.62. The lowest BCUT2D eigenvalue weighted by Gasteiger charge is -2.31. The molecule has 0 aliphatic rings. The Labute approximate surface area is 279 Å². The summed E-state index contributed by atoms with van der Waals surface area (Å²) in [4.78, 5) is 51.7. The van der Waals surface area contributed by atoms with Crippen LogP contribution >= 0.6 is 11.6 Å². The van der Waals surface area contributed by atoms with E-state index in [2.05, 4.69) is 16.0 Å². The number of carbonyl (C=O) groups is 4. The van der Waals surface area contributed by atoms with Gasteiger partial charge in [0.1, 0.15) is 23.6 Å². The van der Waals surface area contributed by atoms with Gasteiger partial charge in [-0.3, -0.25) is 14.4 Å². The van der Waals surface area contributed by atoms with Crippen molar-refractivity contribution in [3.63, 3.8) is 0 Å². The lowest BCUT2D eigenvalue weighted by molar-refractivity contribution is -0.215. The highest BCUT2D eigenvalue weighted by atomic mass is 35.5. The zero-order valence-electron chi connectivity index (χ0n) is 26.1. The van der Waals surface area contributed by atoms with Crippen molar-refractivity contribution >= 4 is 35.3 Å². The van der Waals surface area contributed by atoms with Crippen molar-refractivity contribution in [3.05, 3.63) is 94.5 Å². The molecule has 0 aliphatic heterocycles. The van der Waals surface area contributed by atoms with E-state index >= 15 is 0 Å². The van der Waals surface area contributed by atoms with Crippen LogP contribution in [0.3, 0.4) is 0 Å². The number of alkyl halides is 3. The molecule has 3 rings (SSSR count). The van der Waals surface area contributed by atoms with E-state index in [0.717, 1.165) is 0 Å². The molecule has 48 heavy (non-hydrogen) atoms. The second kappa shape index (κ2) is 16.8. The average Bonchev–Trinajstić information content (AvgIpc) is 3.04. The average molecular weight is 694 g/mol. The third-order valence-electron chi connectivity index (χ3n) is 7.11. The SMILES string of the molecule is COc1ccc(C(NC(=O)C(Cc2cccc(Cl)c2)NC(=O)c2cccc(OCC(=O)O)c2)C(=O)NC(C(C)C)C(O)C(F)(F)F)cc1. The Morgan fingerprint density at radius 1 is 0.875 bits per heavy atom. The van der Waals surface area contributed by atoms with Gasteiger partial charge in [-0.25, -0.2) is 4.79 Å². The van der Waals surface area contributed by atoms with Crippen LogP contribution in [0.25, 0.3) is 0 Å². The van der Waals surface area contributed by atoms with Gasteiger partial charge in [0.05, 0.1) is 13.2 Å². The molecule has 0 radical (unpaired) electrons. The minimum Gasteiger partial charge on any atom is -0.497 e. The van der Waals surface area contributed by atoms with Crippen molar-refractivity contribution in [3.8, 4) is 11.5 Å². The molecule has 0 bridgehead atoms. The van der Waals surface area contributed by atoms with Crippen molar-refractivity contribution in [1.82, 2.24) is 16.0 Å². The molecule has 0 aromatic heterocycles. The molecule has 0 saturated carbocycles. The smallest absolute Gasteiger partial charge is 0.416 e. The largest absolute Gasteiger partial charge is 0.497 e. The molecule has 0 saturated heterocycles. The third kappa shape index (κ3) is 10.9. The number of halogens is 4. The Morgan fingerprint density at radius 3 is 2.12 bits per heavy atom. The number of carboxylic acid groups (broad SMARTS) is 1. The molecule has 5 N–H and O–H groups in total. The number of nitrogens with one attached hydrogen (secondary N) is 3.